The summed E-state index contributed by atoms with van der Waals surface area (Å²) in [5.74, 6) is 0.744. The fourth-order valence-electron chi connectivity index (χ4n) is 2.00. The van der Waals surface area contributed by atoms with E-state index in [9.17, 15) is 0 Å². The lowest BCUT2D eigenvalue weighted by atomic mass is 10.1. The van der Waals surface area contributed by atoms with Crippen molar-refractivity contribution in [3.8, 4) is 11.3 Å². The Morgan fingerprint density at radius 2 is 1.95 bits per heavy atom. The van der Waals surface area contributed by atoms with Gasteiger partial charge >= 0.3 is 0 Å². The van der Waals surface area contributed by atoms with Crippen molar-refractivity contribution < 1.29 is 4.42 Å². The Hall–Kier alpha value is -1.91. The maximum Gasteiger partial charge on any atom is 0.127 e. The zero-order valence-corrected chi connectivity index (χ0v) is 11.4. The lowest BCUT2D eigenvalue weighted by molar-refractivity contribution is 0.489. The fourth-order valence-corrected chi connectivity index (χ4v) is 2.96. The summed E-state index contributed by atoms with van der Waals surface area (Å²) in [5, 5.41) is 0.881. The minimum absolute atomic E-state index is 0.295. The van der Waals surface area contributed by atoms with Gasteiger partial charge in [0.15, 0.2) is 0 Å². The Bertz CT molecular complexity index is 659. The van der Waals surface area contributed by atoms with Crippen LogP contribution in [0.3, 0.4) is 0 Å². The maximum absolute atomic E-state index is 6.18. The number of aromatic nitrogens is 1. The van der Waals surface area contributed by atoms with Crippen LogP contribution in [-0.2, 0) is 0 Å². The quantitative estimate of drug-likeness (QED) is 0.788. The molecular weight excluding hydrogens is 256 g/mol. The van der Waals surface area contributed by atoms with Crippen molar-refractivity contribution in [2.75, 3.05) is 0 Å². The molecule has 3 aromatic rings. The molecule has 0 aliphatic carbocycles. The van der Waals surface area contributed by atoms with Gasteiger partial charge in [0.2, 0.25) is 0 Å². The molecular formula is C15H14N2OS. The minimum Gasteiger partial charge on any atom is -0.467 e. The first-order chi connectivity index (χ1) is 9.25. The van der Waals surface area contributed by atoms with Crippen LogP contribution < -0.4 is 5.73 Å². The second-order valence-electron chi connectivity index (χ2n) is 4.32. The SMILES string of the molecule is Cc1sc(C(N)c2ccco2)nc1-c1ccccc1. The Kier molecular flexibility index (Phi) is 3.19. The van der Waals surface area contributed by atoms with Gasteiger partial charge in [0.25, 0.3) is 0 Å². The number of aryl methyl sites for hydroxylation is 1. The number of benzene rings is 1. The lowest BCUT2D eigenvalue weighted by Gasteiger charge is -2.03. The Balaban J connectivity index is 1.98. The van der Waals surface area contributed by atoms with Crippen LogP contribution in [0.25, 0.3) is 11.3 Å². The van der Waals surface area contributed by atoms with Crippen LogP contribution in [0.4, 0.5) is 0 Å². The van der Waals surface area contributed by atoms with E-state index in [0.717, 1.165) is 22.0 Å². The standard InChI is InChI=1S/C15H14N2OS/c1-10-14(11-6-3-2-4-7-11)17-15(19-10)13(16)12-8-5-9-18-12/h2-9,13H,16H2,1H3. The highest BCUT2D eigenvalue weighted by molar-refractivity contribution is 7.12. The molecule has 3 nitrogen and oxygen atoms in total. The monoisotopic (exact) mass is 270 g/mol. The van der Waals surface area contributed by atoms with Crippen LogP contribution in [0.15, 0.2) is 53.1 Å². The molecule has 2 N–H and O–H groups in total. The predicted octanol–water partition coefficient (Wildman–Crippen LogP) is 3.76. The molecule has 0 fully saturated rings. The van der Waals surface area contributed by atoms with Gasteiger partial charge in [-0.15, -0.1) is 11.3 Å². The molecule has 0 bridgehead atoms. The fraction of sp³-hybridized carbons (Fsp3) is 0.133. The summed E-state index contributed by atoms with van der Waals surface area (Å²) in [6.07, 6.45) is 1.63. The van der Waals surface area contributed by atoms with Crippen LogP contribution in [0.5, 0.6) is 0 Å². The Morgan fingerprint density at radius 3 is 2.63 bits per heavy atom. The number of furan rings is 1. The lowest BCUT2D eigenvalue weighted by Crippen LogP contribution is -2.10. The number of hydrogen-bond donors (Lipinski definition) is 1. The van der Waals surface area contributed by atoms with Gasteiger partial charge in [-0.1, -0.05) is 30.3 Å². The van der Waals surface area contributed by atoms with Gasteiger partial charge in [-0.05, 0) is 19.1 Å². The van der Waals surface area contributed by atoms with Gasteiger partial charge in [-0.3, -0.25) is 0 Å². The first-order valence-corrected chi connectivity index (χ1v) is 6.89. The van der Waals surface area contributed by atoms with Crippen molar-refractivity contribution in [2.45, 2.75) is 13.0 Å². The summed E-state index contributed by atoms with van der Waals surface area (Å²) in [4.78, 5) is 5.84. The van der Waals surface area contributed by atoms with Crippen molar-refractivity contribution in [3.05, 3.63) is 64.4 Å². The third-order valence-electron chi connectivity index (χ3n) is 2.98. The first kappa shape index (κ1) is 12.1. The van der Waals surface area contributed by atoms with Crippen LogP contribution in [0, 0.1) is 6.92 Å². The number of hydrogen-bond acceptors (Lipinski definition) is 4. The molecule has 2 heterocycles. The van der Waals surface area contributed by atoms with E-state index in [1.165, 1.54) is 4.88 Å². The summed E-state index contributed by atoms with van der Waals surface area (Å²) in [5.41, 5.74) is 8.30. The first-order valence-electron chi connectivity index (χ1n) is 6.07. The van der Waals surface area contributed by atoms with Crippen molar-refractivity contribution in [2.24, 2.45) is 5.73 Å². The molecule has 2 aromatic heterocycles. The summed E-state index contributed by atoms with van der Waals surface area (Å²) in [6, 6.07) is 13.6. The van der Waals surface area contributed by atoms with E-state index in [1.54, 1.807) is 17.6 Å². The van der Waals surface area contributed by atoms with Gasteiger partial charge in [0.1, 0.15) is 16.8 Å². The number of thiazole rings is 1. The third-order valence-corrected chi connectivity index (χ3v) is 4.03. The third kappa shape index (κ3) is 2.32. The molecule has 0 spiro atoms. The molecule has 1 atom stereocenters. The van der Waals surface area contributed by atoms with E-state index in [2.05, 4.69) is 24.0 Å². The van der Waals surface area contributed by atoms with E-state index in [4.69, 9.17) is 10.2 Å². The highest BCUT2D eigenvalue weighted by atomic mass is 32.1. The van der Waals surface area contributed by atoms with Crippen molar-refractivity contribution in [1.82, 2.24) is 4.98 Å². The molecule has 1 unspecified atom stereocenters. The zero-order chi connectivity index (χ0) is 13.2. The van der Waals surface area contributed by atoms with Crippen LogP contribution >= 0.6 is 11.3 Å². The molecule has 19 heavy (non-hydrogen) atoms. The average molecular weight is 270 g/mol. The van der Waals surface area contributed by atoms with Gasteiger partial charge < -0.3 is 10.2 Å². The second kappa shape index (κ2) is 4.99. The zero-order valence-electron chi connectivity index (χ0n) is 10.5. The summed E-state index contributed by atoms with van der Waals surface area (Å²) in [7, 11) is 0. The van der Waals surface area contributed by atoms with Gasteiger partial charge in [0.05, 0.1) is 12.0 Å². The van der Waals surface area contributed by atoms with Crippen LogP contribution in [-0.4, -0.2) is 4.98 Å². The van der Waals surface area contributed by atoms with Gasteiger partial charge in [0, 0.05) is 10.4 Å². The van der Waals surface area contributed by atoms with Crippen molar-refractivity contribution >= 4 is 11.3 Å². The molecule has 0 aliphatic rings. The minimum atomic E-state index is -0.295. The van der Waals surface area contributed by atoms with Crippen LogP contribution in [0.2, 0.25) is 0 Å². The summed E-state index contributed by atoms with van der Waals surface area (Å²) < 4.78 is 5.35. The molecule has 96 valence electrons. The van der Waals surface area contributed by atoms with Crippen LogP contribution in [0.1, 0.15) is 21.7 Å². The number of nitrogens with zero attached hydrogens (tertiary/aromatic N) is 1. The van der Waals surface area contributed by atoms with Crippen molar-refractivity contribution in [3.63, 3.8) is 0 Å². The molecule has 3 rings (SSSR count). The summed E-state index contributed by atoms with van der Waals surface area (Å²) >= 11 is 1.62. The van der Waals surface area contributed by atoms with E-state index >= 15 is 0 Å². The highest BCUT2D eigenvalue weighted by Gasteiger charge is 2.18. The van der Waals surface area contributed by atoms with E-state index in [0.29, 0.717) is 0 Å². The van der Waals surface area contributed by atoms with E-state index in [1.807, 2.05) is 30.3 Å². The molecule has 4 heteroatoms. The number of rotatable bonds is 3. The smallest absolute Gasteiger partial charge is 0.127 e. The van der Waals surface area contributed by atoms with Crippen molar-refractivity contribution in [1.29, 1.82) is 0 Å². The molecule has 0 saturated heterocycles. The molecule has 1 aromatic carbocycles. The summed E-state index contributed by atoms with van der Waals surface area (Å²) in [6.45, 7) is 2.07. The number of nitrogens with two attached hydrogens (primary N) is 1. The maximum atomic E-state index is 6.18. The highest BCUT2D eigenvalue weighted by Crippen LogP contribution is 2.31. The molecule has 0 radical (unpaired) electrons. The Labute approximate surface area is 115 Å². The second-order valence-corrected chi connectivity index (χ2v) is 5.55. The topological polar surface area (TPSA) is 52.0 Å². The molecule has 0 saturated carbocycles. The van der Waals surface area contributed by atoms with E-state index in [-0.39, 0.29) is 6.04 Å². The van der Waals surface area contributed by atoms with E-state index < -0.39 is 0 Å². The molecule has 0 aliphatic heterocycles. The van der Waals surface area contributed by atoms with Gasteiger partial charge in [-0.2, -0.15) is 0 Å². The largest absolute Gasteiger partial charge is 0.467 e. The normalized spacial score (nSPS) is 12.5. The average Bonchev–Trinajstić information content (AvgIpc) is 3.08. The molecule has 0 amide bonds. The van der Waals surface area contributed by atoms with Gasteiger partial charge in [-0.25, -0.2) is 4.98 Å². The predicted molar refractivity (Wildman–Crippen MR) is 77.0 cm³/mol. The Morgan fingerprint density at radius 1 is 1.16 bits per heavy atom.